The average Bonchev–Trinajstić information content (AvgIpc) is 3.39. The minimum Gasteiger partial charge on any atom is -0.497 e. The number of carbonyl (C=O) groups is 1. The van der Waals surface area contributed by atoms with Crippen molar-refractivity contribution in [2.45, 2.75) is 12.1 Å². The van der Waals surface area contributed by atoms with Gasteiger partial charge < -0.3 is 19.4 Å². The van der Waals surface area contributed by atoms with Crippen LogP contribution in [0.1, 0.15) is 5.56 Å². The van der Waals surface area contributed by atoms with Crippen molar-refractivity contribution in [2.75, 3.05) is 25.3 Å². The van der Waals surface area contributed by atoms with E-state index in [0.717, 1.165) is 28.1 Å². The second-order valence-corrected chi connectivity index (χ2v) is 8.65. The van der Waals surface area contributed by atoms with Gasteiger partial charge in [0.2, 0.25) is 5.91 Å². The summed E-state index contributed by atoms with van der Waals surface area (Å²) in [7, 11) is 6.95. The number of anilines is 1. The van der Waals surface area contributed by atoms with E-state index >= 15 is 0 Å². The summed E-state index contributed by atoms with van der Waals surface area (Å²) in [5.41, 5.74) is 4.21. The normalized spacial score (nSPS) is 10.9. The van der Waals surface area contributed by atoms with E-state index in [0.29, 0.717) is 22.4 Å². The zero-order valence-corrected chi connectivity index (χ0v) is 20.5. The number of carbonyl (C=O) groups excluding carboxylic acids is 1. The van der Waals surface area contributed by atoms with E-state index < -0.39 is 0 Å². The standard InChI is InChI=1S/C24H26N6O3S/c1-15-9-10-20(33-5)19(11-15)25-21(31)14-34-24-27-26-23(30(24)3)18-13-29(2)28-22(18)16-7-6-8-17(12-16)32-4/h6-13H,14H2,1-5H3,(H,25,31). The molecule has 0 fully saturated rings. The third kappa shape index (κ3) is 4.91. The summed E-state index contributed by atoms with van der Waals surface area (Å²) in [5, 5.41) is 16.9. The number of hydrogen-bond acceptors (Lipinski definition) is 7. The number of nitrogens with one attached hydrogen (secondary N) is 1. The molecular weight excluding hydrogens is 452 g/mol. The molecule has 10 heteroatoms. The van der Waals surface area contributed by atoms with Crippen LogP contribution in [0, 0.1) is 6.92 Å². The molecule has 0 spiro atoms. The Labute approximate surface area is 202 Å². The Morgan fingerprint density at radius 2 is 1.91 bits per heavy atom. The molecular formula is C24H26N6O3S. The molecule has 2 aromatic carbocycles. The van der Waals surface area contributed by atoms with E-state index in [1.165, 1.54) is 11.8 Å². The molecule has 4 aromatic rings. The maximum atomic E-state index is 12.6. The van der Waals surface area contributed by atoms with Crippen LogP contribution in [0.3, 0.4) is 0 Å². The SMILES string of the molecule is COc1cccc(-c2nn(C)cc2-c2nnc(SCC(=O)Nc3cc(C)ccc3OC)n2C)c1. The summed E-state index contributed by atoms with van der Waals surface area (Å²) in [5.74, 6) is 2.05. The summed E-state index contributed by atoms with van der Waals surface area (Å²) >= 11 is 1.31. The third-order valence-corrected chi connectivity index (χ3v) is 6.23. The van der Waals surface area contributed by atoms with E-state index in [1.54, 1.807) is 18.9 Å². The maximum absolute atomic E-state index is 12.6. The van der Waals surface area contributed by atoms with Crippen LogP contribution in [0.25, 0.3) is 22.6 Å². The molecule has 0 atom stereocenters. The summed E-state index contributed by atoms with van der Waals surface area (Å²) < 4.78 is 14.3. The molecule has 0 bridgehead atoms. The van der Waals surface area contributed by atoms with Crippen molar-refractivity contribution < 1.29 is 14.3 Å². The number of nitrogens with zero attached hydrogens (tertiary/aromatic N) is 5. The highest BCUT2D eigenvalue weighted by atomic mass is 32.2. The van der Waals surface area contributed by atoms with Crippen LogP contribution in [-0.2, 0) is 18.9 Å². The van der Waals surface area contributed by atoms with Gasteiger partial charge in [0.15, 0.2) is 11.0 Å². The highest BCUT2D eigenvalue weighted by Crippen LogP contribution is 2.33. The van der Waals surface area contributed by atoms with E-state index in [-0.39, 0.29) is 11.7 Å². The Kier molecular flexibility index (Phi) is 6.87. The first-order valence-corrected chi connectivity index (χ1v) is 11.5. The van der Waals surface area contributed by atoms with Crippen LogP contribution >= 0.6 is 11.8 Å². The van der Waals surface area contributed by atoms with Gasteiger partial charge in [0, 0.05) is 25.9 Å². The Bertz CT molecular complexity index is 1330. The number of amides is 1. The van der Waals surface area contributed by atoms with Gasteiger partial charge in [-0.15, -0.1) is 10.2 Å². The molecule has 176 valence electrons. The van der Waals surface area contributed by atoms with Crippen LogP contribution in [-0.4, -0.2) is 50.4 Å². The second-order valence-electron chi connectivity index (χ2n) is 7.70. The summed E-state index contributed by atoms with van der Waals surface area (Å²) in [6.45, 7) is 1.96. The molecule has 0 unspecified atom stereocenters. The fourth-order valence-electron chi connectivity index (χ4n) is 3.55. The van der Waals surface area contributed by atoms with Gasteiger partial charge in [-0.1, -0.05) is 30.0 Å². The number of thioether (sulfide) groups is 1. The minimum atomic E-state index is -0.156. The van der Waals surface area contributed by atoms with Gasteiger partial charge in [-0.2, -0.15) is 5.10 Å². The van der Waals surface area contributed by atoms with Crippen LogP contribution < -0.4 is 14.8 Å². The van der Waals surface area contributed by atoms with Crippen LogP contribution in [0.4, 0.5) is 5.69 Å². The molecule has 34 heavy (non-hydrogen) atoms. The van der Waals surface area contributed by atoms with Gasteiger partial charge in [0.1, 0.15) is 17.2 Å². The number of rotatable bonds is 8. The minimum absolute atomic E-state index is 0.156. The predicted octanol–water partition coefficient (Wildman–Crippen LogP) is 3.94. The van der Waals surface area contributed by atoms with E-state index in [1.807, 2.05) is 74.2 Å². The van der Waals surface area contributed by atoms with Gasteiger partial charge >= 0.3 is 0 Å². The number of hydrogen-bond donors (Lipinski definition) is 1. The summed E-state index contributed by atoms with van der Waals surface area (Å²) in [6, 6.07) is 13.4. The van der Waals surface area contributed by atoms with Crippen molar-refractivity contribution in [3.8, 4) is 34.1 Å². The van der Waals surface area contributed by atoms with Gasteiger partial charge in [0.05, 0.1) is 31.2 Å². The lowest BCUT2D eigenvalue weighted by atomic mass is 10.1. The van der Waals surface area contributed by atoms with E-state index in [2.05, 4.69) is 20.6 Å². The Morgan fingerprint density at radius 1 is 1.09 bits per heavy atom. The second kappa shape index (κ2) is 10.0. The summed E-state index contributed by atoms with van der Waals surface area (Å²) in [4.78, 5) is 12.6. The number of aromatic nitrogens is 5. The van der Waals surface area contributed by atoms with Gasteiger partial charge in [-0.3, -0.25) is 9.48 Å². The molecule has 1 N–H and O–H groups in total. The monoisotopic (exact) mass is 478 g/mol. The van der Waals surface area contributed by atoms with Crippen molar-refractivity contribution in [2.24, 2.45) is 14.1 Å². The van der Waals surface area contributed by atoms with Crippen molar-refractivity contribution in [1.82, 2.24) is 24.5 Å². The van der Waals surface area contributed by atoms with Gasteiger partial charge in [-0.05, 0) is 36.8 Å². The summed E-state index contributed by atoms with van der Waals surface area (Å²) in [6.07, 6.45) is 1.91. The molecule has 0 aliphatic heterocycles. The molecule has 0 aliphatic rings. The molecule has 0 saturated heterocycles. The highest BCUT2D eigenvalue weighted by molar-refractivity contribution is 7.99. The number of ether oxygens (including phenoxy) is 2. The molecule has 2 heterocycles. The van der Waals surface area contributed by atoms with Crippen molar-refractivity contribution in [1.29, 1.82) is 0 Å². The first-order chi connectivity index (χ1) is 16.4. The van der Waals surface area contributed by atoms with Crippen LogP contribution in [0.2, 0.25) is 0 Å². The maximum Gasteiger partial charge on any atom is 0.234 e. The third-order valence-electron chi connectivity index (χ3n) is 5.21. The zero-order chi connectivity index (χ0) is 24.2. The van der Waals surface area contributed by atoms with Crippen molar-refractivity contribution in [3.63, 3.8) is 0 Å². The highest BCUT2D eigenvalue weighted by Gasteiger charge is 2.20. The molecule has 1 amide bonds. The molecule has 0 aliphatic carbocycles. The number of aryl methyl sites for hydroxylation is 2. The Morgan fingerprint density at radius 3 is 2.68 bits per heavy atom. The van der Waals surface area contributed by atoms with Crippen molar-refractivity contribution in [3.05, 3.63) is 54.2 Å². The smallest absolute Gasteiger partial charge is 0.234 e. The number of benzene rings is 2. The lowest BCUT2D eigenvalue weighted by molar-refractivity contribution is -0.113. The molecule has 0 radical (unpaired) electrons. The van der Waals surface area contributed by atoms with Gasteiger partial charge in [0.25, 0.3) is 0 Å². The molecule has 4 rings (SSSR count). The molecule has 9 nitrogen and oxygen atoms in total. The van der Waals surface area contributed by atoms with E-state index in [4.69, 9.17) is 9.47 Å². The van der Waals surface area contributed by atoms with Gasteiger partial charge in [-0.25, -0.2) is 0 Å². The fraction of sp³-hybridized carbons (Fsp3) is 0.250. The Hall–Kier alpha value is -3.79. The van der Waals surface area contributed by atoms with E-state index in [9.17, 15) is 4.79 Å². The van der Waals surface area contributed by atoms with Crippen LogP contribution in [0.15, 0.2) is 53.8 Å². The number of methoxy groups -OCH3 is 2. The average molecular weight is 479 g/mol. The Balaban J connectivity index is 1.52. The first-order valence-electron chi connectivity index (χ1n) is 10.5. The first kappa shape index (κ1) is 23.4. The van der Waals surface area contributed by atoms with Crippen LogP contribution in [0.5, 0.6) is 11.5 Å². The fourth-order valence-corrected chi connectivity index (χ4v) is 4.26. The quantitative estimate of drug-likeness (QED) is 0.383. The topological polar surface area (TPSA) is 96.1 Å². The lowest BCUT2D eigenvalue weighted by Gasteiger charge is -2.11. The lowest BCUT2D eigenvalue weighted by Crippen LogP contribution is -2.15. The molecule has 0 saturated carbocycles. The largest absolute Gasteiger partial charge is 0.497 e. The predicted molar refractivity (Wildman–Crippen MR) is 132 cm³/mol. The zero-order valence-electron chi connectivity index (χ0n) is 19.7. The molecule has 2 aromatic heterocycles. The van der Waals surface area contributed by atoms with Crippen molar-refractivity contribution >= 4 is 23.4 Å².